The maximum Gasteiger partial charge on any atom is 0.0924 e. The van der Waals surface area contributed by atoms with E-state index in [-0.39, 0.29) is 6.61 Å². The molecule has 3 rings (SSSR count). The van der Waals surface area contributed by atoms with Crippen LogP contribution >= 0.6 is 11.6 Å². The molecule has 3 N–H and O–H groups in total. The van der Waals surface area contributed by atoms with Gasteiger partial charge in [0.25, 0.3) is 0 Å². The fourth-order valence-corrected chi connectivity index (χ4v) is 2.39. The molecule has 0 spiro atoms. The largest absolute Gasteiger partial charge is 0.392 e. The van der Waals surface area contributed by atoms with Gasteiger partial charge >= 0.3 is 0 Å². The monoisotopic (exact) mass is 313 g/mol. The molecule has 0 aliphatic carbocycles. The first-order valence-corrected chi connectivity index (χ1v) is 7.37. The van der Waals surface area contributed by atoms with E-state index in [1.165, 1.54) is 0 Å². The van der Waals surface area contributed by atoms with Crippen molar-refractivity contribution in [1.82, 2.24) is 10.2 Å². The van der Waals surface area contributed by atoms with Gasteiger partial charge in [0, 0.05) is 5.56 Å². The molecule has 0 unspecified atom stereocenters. The number of hydrogen-bond donors (Lipinski definition) is 3. The van der Waals surface area contributed by atoms with Gasteiger partial charge in [-0.1, -0.05) is 48.0 Å². The molecule has 0 radical (unpaired) electrons. The summed E-state index contributed by atoms with van der Waals surface area (Å²) in [5.74, 6) is 0. The van der Waals surface area contributed by atoms with Crippen molar-refractivity contribution in [2.45, 2.75) is 13.2 Å². The number of anilines is 1. The Hall–Kier alpha value is -2.30. The number of H-pyrrole nitrogens is 1. The smallest absolute Gasteiger partial charge is 0.0924 e. The van der Waals surface area contributed by atoms with E-state index in [2.05, 4.69) is 15.5 Å². The van der Waals surface area contributed by atoms with Crippen LogP contribution < -0.4 is 5.32 Å². The molecule has 0 amide bonds. The van der Waals surface area contributed by atoms with Crippen molar-refractivity contribution in [3.05, 3.63) is 70.9 Å². The van der Waals surface area contributed by atoms with Crippen LogP contribution in [0.4, 0.5) is 5.69 Å². The highest BCUT2D eigenvalue weighted by atomic mass is 35.5. The molecule has 112 valence electrons. The number of aliphatic hydroxyl groups excluding tert-OH is 1. The van der Waals surface area contributed by atoms with Crippen molar-refractivity contribution in [1.29, 1.82) is 0 Å². The van der Waals surface area contributed by atoms with Gasteiger partial charge in [0.05, 0.1) is 35.2 Å². The first kappa shape index (κ1) is 14.6. The predicted molar refractivity (Wildman–Crippen MR) is 88.7 cm³/mol. The number of hydrogen-bond acceptors (Lipinski definition) is 3. The van der Waals surface area contributed by atoms with Gasteiger partial charge in [0.2, 0.25) is 0 Å². The molecular weight excluding hydrogens is 298 g/mol. The lowest BCUT2D eigenvalue weighted by Crippen LogP contribution is -2.01. The number of aromatic amines is 1. The summed E-state index contributed by atoms with van der Waals surface area (Å²) >= 11 is 6.15. The lowest BCUT2D eigenvalue weighted by Gasteiger charge is -2.08. The van der Waals surface area contributed by atoms with Crippen LogP contribution in [0.15, 0.2) is 54.6 Å². The van der Waals surface area contributed by atoms with E-state index in [4.69, 9.17) is 11.6 Å². The van der Waals surface area contributed by atoms with Crippen molar-refractivity contribution in [3.8, 4) is 11.3 Å². The lowest BCUT2D eigenvalue weighted by molar-refractivity contribution is 0.282. The quantitative estimate of drug-likeness (QED) is 0.671. The minimum atomic E-state index is -0.00589. The Morgan fingerprint density at radius 1 is 1.09 bits per heavy atom. The van der Waals surface area contributed by atoms with Crippen LogP contribution in [0.25, 0.3) is 11.3 Å². The summed E-state index contributed by atoms with van der Waals surface area (Å²) in [7, 11) is 0. The number of aromatic nitrogens is 2. The zero-order valence-corrected chi connectivity index (χ0v) is 12.6. The molecule has 4 nitrogen and oxygen atoms in total. The fraction of sp³-hybridized carbons (Fsp3) is 0.118. The maximum atomic E-state index is 9.18. The van der Waals surface area contributed by atoms with Crippen molar-refractivity contribution < 1.29 is 5.11 Å². The van der Waals surface area contributed by atoms with E-state index in [1.807, 2.05) is 42.5 Å². The van der Waals surface area contributed by atoms with Gasteiger partial charge < -0.3 is 10.4 Å². The zero-order chi connectivity index (χ0) is 15.4. The van der Waals surface area contributed by atoms with Crippen molar-refractivity contribution >= 4 is 17.3 Å². The van der Waals surface area contributed by atoms with E-state index in [9.17, 15) is 5.11 Å². The molecule has 0 atom stereocenters. The van der Waals surface area contributed by atoms with Crippen LogP contribution in [-0.4, -0.2) is 15.3 Å². The normalized spacial score (nSPS) is 10.6. The minimum absolute atomic E-state index is 0.00589. The van der Waals surface area contributed by atoms with Gasteiger partial charge in [0.1, 0.15) is 0 Å². The third-order valence-electron chi connectivity index (χ3n) is 3.38. The molecule has 0 aliphatic rings. The summed E-state index contributed by atoms with van der Waals surface area (Å²) in [6.45, 7) is 0.572. The summed E-state index contributed by atoms with van der Waals surface area (Å²) in [6, 6.07) is 17.4. The van der Waals surface area contributed by atoms with Gasteiger partial charge in [-0.15, -0.1) is 0 Å². The number of rotatable bonds is 5. The summed E-state index contributed by atoms with van der Waals surface area (Å²) in [5.41, 5.74) is 4.56. The number of benzene rings is 2. The fourth-order valence-electron chi connectivity index (χ4n) is 2.21. The van der Waals surface area contributed by atoms with Crippen LogP contribution in [0.3, 0.4) is 0 Å². The molecule has 1 aromatic heterocycles. The Morgan fingerprint density at radius 2 is 1.91 bits per heavy atom. The highest BCUT2D eigenvalue weighted by Gasteiger charge is 2.05. The molecule has 0 bridgehead atoms. The molecule has 3 aromatic rings. The molecule has 22 heavy (non-hydrogen) atoms. The average Bonchev–Trinajstić information content (AvgIpc) is 3.04. The third-order valence-corrected chi connectivity index (χ3v) is 3.71. The number of halogens is 1. The number of aliphatic hydroxyl groups is 1. The molecule has 0 aliphatic heterocycles. The Labute approximate surface area is 133 Å². The summed E-state index contributed by atoms with van der Waals surface area (Å²) in [4.78, 5) is 0. The molecule has 1 heterocycles. The summed E-state index contributed by atoms with van der Waals surface area (Å²) in [6.07, 6.45) is 0. The minimum Gasteiger partial charge on any atom is -0.392 e. The van der Waals surface area contributed by atoms with Gasteiger partial charge in [-0.3, -0.25) is 5.10 Å². The first-order chi connectivity index (χ1) is 10.8. The molecule has 5 heteroatoms. The summed E-state index contributed by atoms with van der Waals surface area (Å²) in [5, 5.41) is 20.4. The molecule has 0 saturated heterocycles. The second kappa shape index (κ2) is 6.64. The van der Waals surface area contributed by atoms with E-state index < -0.39 is 0 Å². The zero-order valence-electron chi connectivity index (χ0n) is 11.9. The van der Waals surface area contributed by atoms with Gasteiger partial charge in [-0.25, -0.2) is 0 Å². The molecular formula is C17H16ClN3O. The average molecular weight is 314 g/mol. The number of nitrogens with one attached hydrogen (secondary N) is 2. The van der Waals surface area contributed by atoms with Gasteiger partial charge in [0.15, 0.2) is 0 Å². The van der Waals surface area contributed by atoms with E-state index in [0.717, 1.165) is 28.2 Å². The lowest BCUT2D eigenvalue weighted by atomic mass is 10.1. The van der Waals surface area contributed by atoms with Crippen LogP contribution in [0, 0.1) is 0 Å². The highest BCUT2D eigenvalue weighted by Crippen LogP contribution is 2.24. The van der Waals surface area contributed by atoms with Crippen LogP contribution in [-0.2, 0) is 13.2 Å². The van der Waals surface area contributed by atoms with E-state index in [1.54, 1.807) is 12.1 Å². The van der Waals surface area contributed by atoms with Crippen molar-refractivity contribution in [2.24, 2.45) is 0 Å². The van der Waals surface area contributed by atoms with Crippen LogP contribution in [0.2, 0.25) is 5.02 Å². The van der Waals surface area contributed by atoms with Gasteiger partial charge in [-0.2, -0.15) is 5.10 Å². The van der Waals surface area contributed by atoms with Gasteiger partial charge in [-0.05, 0) is 23.8 Å². The SMILES string of the molecule is OCc1ccc(Cl)c(NCc2cc(-c3ccccc3)n[nH]2)c1. The second-order valence-electron chi connectivity index (χ2n) is 4.97. The highest BCUT2D eigenvalue weighted by molar-refractivity contribution is 6.33. The molecule has 0 saturated carbocycles. The summed E-state index contributed by atoms with van der Waals surface area (Å²) < 4.78 is 0. The van der Waals surface area contributed by atoms with Crippen LogP contribution in [0.1, 0.15) is 11.3 Å². The number of nitrogens with zero attached hydrogens (tertiary/aromatic N) is 1. The standard InChI is InChI=1S/C17H16ClN3O/c18-15-7-6-12(11-22)8-17(15)19-10-14-9-16(21-20-14)13-4-2-1-3-5-13/h1-9,19,22H,10-11H2,(H,20,21). The Morgan fingerprint density at radius 3 is 2.68 bits per heavy atom. The van der Waals surface area contributed by atoms with E-state index >= 15 is 0 Å². The molecule has 0 fully saturated rings. The van der Waals surface area contributed by atoms with Crippen LogP contribution in [0.5, 0.6) is 0 Å². The second-order valence-corrected chi connectivity index (χ2v) is 5.38. The van der Waals surface area contributed by atoms with Crippen molar-refractivity contribution in [2.75, 3.05) is 5.32 Å². The Kier molecular flexibility index (Phi) is 4.42. The Bertz CT molecular complexity index is 756. The topological polar surface area (TPSA) is 60.9 Å². The first-order valence-electron chi connectivity index (χ1n) is 6.99. The third kappa shape index (κ3) is 3.30. The predicted octanol–water partition coefficient (Wildman–Crippen LogP) is 3.83. The van der Waals surface area contributed by atoms with E-state index in [0.29, 0.717) is 11.6 Å². The Balaban J connectivity index is 1.71. The maximum absolute atomic E-state index is 9.18. The molecule has 2 aromatic carbocycles. The van der Waals surface area contributed by atoms with Crippen molar-refractivity contribution in [3.63, 3.8) is 0 Å².